The molecule has 1 unspecified atom stereocenters. The maximum atomic E-state index is 13.7. The maximum absolute atomic E-state index is 13.7. The van der Waals surface area contributed by atoms with Gasteiger partial charge in [0.05, 0.1) is 5.56 Å². The monoisotopic (exact) mass is 274 g/mol. The quantitative estimate of drug-likeness (QED) is 0.741. The van der Waals surface area contributed by atoms with Crippen LogP contribution in [0.1, 0.15) is 17.3 Å². The maximum Gasteiger partial charge on any atom is 0.415 e. The molecule has 6 nitrogen and oxygen atoms in total. The van der Waals surface area contributed by atoms with E-state index in [0.29, 0.717) is 11.3 Å². The second kappa shape index (κ2) is 4.37. The minimum Gasteiger partial charge on any atom is -0.464 e. The van der Waals surface area contributed by atoms with Crippen molar-refractivity contribution in [2.75, 3.05) is 5.32 Å². The van der Waals surface area contributed by atoms with Gasteiger partial charge in [0.1, 0.15) is 17.8 Å². The fourth-order valence-corrected chi connectivity index (χ4v) is 2.14. The summed E-state index contributed by atoms with van der Waals surface area (Å²) in [7, 11) is 0. The van der Waals surface area contributed by atoms with E-state index in [9.17, 15) is 9.18 Å². The topological polar surface area (TPSA) is 92.6 Å². The van der Waals surface area contributed by atoms with Crippen LogP contribution in [-0.4, -0.2) is 21.6 Å². The number of nitrogens with two attached hydrogens (primary N) is 1. The van der Waals surface area contributed by atoms with E-state index < -0.39 is 18.1 Å². The Morgan fingerprint density at radius 3 is 2.95 bits per heavy atom. The van der Waals surface area contributed by atoms with E-state index in [1.807, 2.05) is 0 Å². The standard InChI is InChI=1S/C13H11FN4O2/c14-8-2-1-3-9-10(8)11(15)17-12(16-9)7-4-5-18(6-7)13(19)20/h1-6,12,16H,(H2,15,17)(H,19,20). The molecule has 2 heterocycles. The van der Waals surface area contributed by atoms with Gasteiger partial charge in [-0.15, -0.1) is 0 Å². The predicted molar refractivity (Wildman–Crippen MR) is 71.3 cm³/mol. The van der Waals surface area contributed by atoms with Crippen LogP contribution in [0.5, 0.6) is 0 Å². The first-order valence-corrected chi connectivity index (χ1v) is 5.86. The number of nitrogens with zero attached hydrogens (tertiary/aromatic N) is 2. The highest BCUT2D eigenvalue weighted by molar-refractivity contribution is 6.04. The smallest absolute Gasteiger partial charge is 0.415 e. The number of carboxylic acid groups (broad SMARTS) is 1. The molecular weight excluding hydrogens is 263 g/mol. The van der Waals surface area contributed by atoms with E-state index in [1.165, 1.54) is 18.5 Å². The number of carbonyl (C=O) groups is 1. The summed E-state index contributed by atoms with van der Waals surface area (Å²) in [5.41, 5.74) is 7.19. The summed E-state index contributed by atoms with van der Waals surface area (Å²) in [6, 6.07) is 6.19. The van der Waals surface area contributed by atoms with Gasteiger partial charge in [0, 0.05) is 23.6 Å². The van der Waals surface area contributed by atoms with E-state index in [2.05, 4.69) is 10.3 Å². The van der Waals surface area contributed by atoms with Crippen LogP contribution < -0.4 is 11.1 Å². The molecule has 20 heavy (non-hydrogen) atoms. The van der Waals surface area contributed by atoms with Gasteiger partial charge in [-0.25, -0.2) is 14.2 Å². The molecule has 1 aliphatic heterocycles. The first-order valence-electron chi connectivity index (χ1n) is 5.86. The number of hydrogen-bond donors (Lipinski definition) is 3. The van der Waals surface area contributed by atoms with Crippen molar-refractivity contribution >= 4 is 17.6 Å². The molecule has 1 atom stereocenters. The van der Waals surface area contributed by atoms with Crippen molar-refractivity contribution in [2.45, 2.75) is 6.17 Å². The van der Waals surface area contributed by atoms with Gasteiger partial charge in [0.25, 0.3) is 0 Å². The number of anilines is 1. The zero-order chi connectivity index (χ0) is 14.3. The lowest BCUT2D eigenvalue weighted by Gasteiger charge is -2.23. The molecule has 0 amide bonds. The Balaban J connectivity index is 1.99. The van der Waals surface area contributed by atoms with Gasteiger partial charge in [-0.05, 0) is 18.2 Å². The summed E-state index contributed by atoms with van der Waals surface area (Å²) in [5.74, 6) is -0.359. The van der Waals surface area contributed by atoms with Gasteiger partial charge < -0.3 is 16.2 Å². The number of benzene rings is 1. The molecule has 1 aromatic carbocycles. The van der Waals surface area contributed by atoms with E-state index in [-0.39, 0.29) is 11.4 Å². The zero-order valence-corrected chi connectivity index (χ0v) is 10.2. The molecular formula is C13H11FN4O2. The Labute approximate surface area is 113 Å². The van der Waals surface area contributed by atoms with Crippen molar-refractivity contribution in [3.8, 4) is 0 Å². The molecule has 102 valence electrons. The molecule has 0 saturated heterocycles. The van der Waals surface area contributed by atoms with Gasteiger partial charge in [-0.1, -0.05) is 6.07 Å². The fourth-order valence-electron chi connectivity index (χ4n) is 2.14. The lowest BCUT2D eigenvalue weighted by atomic mass is 10.1. The van der Waals surface area contributed by atoms with Gasteiger partial charge in [-0.2, -0.15) is 0 Å². The van der Waals surface area contributed by atoms with Crippen LogP contribution in [0.25, 0.3) is 0 Å². The van der Waals surface area contributed by atoms with E-state index in [0.717, 1.165) is 4.57 Å². The summed E-state index contributed by atoms with van der Waals surface area (Å²) in [6.07, 6.45) is 1.22. The van der Waals surface area contributed by atoms with Crippen LogP contribution in [0.15, 0.2) is 41.7 Å². The lowest BCUT2D eigenvalue weighted by Crippen LogP contribution is -2.26. The van der Waals surface area contributed by atoms with Crippen LogP contribution in [-0.2, 0) is 0 Å². The van der Waals surface area contributed by atoms with Crippen molar-refractivity contribution in [1.29, 1.82) is 0 Å². The Hall–Kier alpha value is -2.83. The summed E-state index contributed by atoms with van der Waals surface area (Å²) >= 11 is 0. The average molecular weight is 274 g/mol. The Bertz CT molecular complexity index is 723. The Morgan fingerprint density at radius 1 is 1.45 bits per heavy atom. The number of hydrogen-bond acceptors (Lipinski definition) is 4. The summed E-state index contributed by atoms with van der Waals surface area (Å²) in [5, 5.41) is 11.9. The van der Waals surface area contributed by atoms with Crippen LogP contribution in [0.3, 0.4) is 0 Å². The third kappa shape index (κ3) is 1.89. The van der Waals surface area contributed by atoms with E-state index >= 15 is 0 Å². The minimum atomic E-state index is -1.09. The van der Waals surface area contributed by atoms with Crippen molar-refractivity contribution in [1.82, 2.24) is 4.57 Å². The number of nitrogens with one attached hydrogen (secondary N) is 1. The van der Waals surface area contributed by atoms with Crippen molar-refractivity contribution < 1.29 is 14.3 Å². The van der Waals surface area contributed by atoms with Gasteiger partial charge in [-0.3, -0.25) is 4.57 Å². The molecule has 0 radical (unpaired) electrons. The van der Waals surface area contributed by atoms with Crippen LogP contribution >= 0.6 is 0 Å². The summed E-state index contributed by atoms with van der Waals surface area (Å²) in [4.78, 5) is 15.0. The SMILES string of the molecule is NC1=NC(c2ccn(C(=O)O)c2)Nc2cccc(F)c21. The first kappa shape index (κ1) is 12.2. The molecule has 7 heteroatoms. The average Bonchev–Trinajstić information content (AvgIpc) is 2.88. The molecule has 3 rings (SSSR count). The van der Waals surface area contributed by atoms with Crippen LogP contribution in [0.2, 0.25) is 0 Å². The van der Waals surface area contributed by atoms with E-state index in [4.69, 9.17) is 10.8 Å². The third-order valence-corrected chi connectivity index (χ3v) is 3.08. The van der Waals surface area contributed by atoms with Gasteiger partial charge >= 0.3 is 6.09 Å². The predicted octanol–water partition coefficient (Wildman–Crippen LogP) is 1.98. The number of rotatable bonds is 1. The number of halogens is 1. The van der Waals surface area contributed by atoms with Crippen molar-refractivity contribution in [2.24, 2.45) is 10.7 Å². The first-order chi connectivity index (χ1) is 9.56. The molecule has 1 aliphatic rings. The Morgan fingerprint density at radius 2 is 2.25 bits per heavy atom. The number of aromatic nitrogens is 1. The normalized spacial score (nSPS) is 17.1. The number of fused-ring (bicyclic) bond motifs is 1. The van der Waals surface area contributed by atoms with Crippen LogP contribution in [0.4, 0.5) is 14.9 Å². The Kier molecular flexibility index (Phi) is 2.67. The third-order valence-electron chi connectivity index (χ3n) is 3.08. The van der Waals surface area contributed by atoms with Crippen molar-refractivity contribution in [3.63, 3.8) is 0 Å². The van der Waals surface area contributed by atoms with Gasteiger partial charge in [0.15, 0.2) is 0 Å². The molecule has 1 aromatic heterocycles. The highest BCUT2D eigenvalue weighted by Crippen LogP contribution is 2.30. The highest BCUT2D eigenvalue weighted by atomic mass is 19.1. The number of amidine groups is 1. The number of aliphatic imine (C=N–C) groups is 1. The van der Waals surface area contributed by atoms with E-state index in [1.54, 1.807) is 18.2 Å². The van der Waals surface area contributed by atoms with Gasteiger partial charge in [0.2, 0.25) is 0 Å². The molecule has 0 bridgehead atoms. The largest absolute Gasteiger partial charge is 0.464 e. The minimum absolute atomic E-state index is 0.0879. The molecule has 2 aromatic rings. The molecule has 0 aliphatic carbocycles. The van der Waals surface area contributed by atoms with Crippen molar-refractivity contribution in [3.05, 3.63) is 53.6 Å². The fraction of sp³-hybridized carbons (Fsp3) is 0.0769. The van der Waals surface area contributed by atoms with Crippen LogP contribution in [0, 0.1) is 5.82 Å². The zero-order valence-electron chi connectivity index (χ0n) is 10.2. The highest BCUT2D eigenvalue weighted by Gasteiger charge is 2.23. The second-order valence-corrected chi connectivity index (χ2v) is 4.36. The lowest BCUT2D eigenvalue weighted by molar-refractivity contribution is 0.196. The summed E-state index contributed by atoms with van der Waals surface area (Å²) in [6.45, 7) is 0. The molecule has 0 saturated carbocycles. The molecule has 4 N–H and O–H groups in total. The summed E-state index contributed by atoms with van der Waals surface area (Å²) < 4.78 is 14.7. The second-order valence-electron chi connectivity index (χ2n) is 4.36. The molecule has 0 spiro atoms. The molecule has 0 fully saturated rings.